The van der Waals surface area contributed by atoms with Crippen LogP contribution in [0.15, 0.2) is 24.3 Å². The van der Waals surface area contributed by atoms with E-state index in [1.54, 1.807) is 12.1 Å². The van der Waals surface area contributed by atoms with E-state index < -0.39 is 0 Å². The first-order chi connectivity index (χ1) is 10.3. The van der Waals surface area contributed by atoms with Gasteiger partial charge in [0.15, 0.2) is 0 Å². The average molecular weight is 287 g/mol. The van der Waals surface area contributed by atoms with E-state index in [9.17, 15) is 4.79 Å². The number of piperidine rings is 1. The number of hydrogen-bond donors (Lipinski definition) is 1. The molecule has 2 rings (SSSR count). The smallest absolute Gasteiger partial charge is 0.255 e. The highest BCUT2D eigenvalue weighted by atomic mass is 16.5. The highest BCUT2D eigenvalue weighted by molar-refractivity contribution is 5.96. The van der Waals surface area contributed by atoms with Crippen LogP contribution in [-0.2, 0) is 4.74 Å². The molecule has 1 aromatic rings. The Morgan fingerprint density at radius 2 is 2.29 bits per heavy atom. The Morgan fingerprint density at radius 3 is 3.05 bits per heavy atom. The molecule has 1 saturated heterocycles. The van der Waals surface area contributed by atoms with Gasteiger partial charge < -0.3 is 14.7 Å². The molecule has 1 N–H and O–H groups in total. The molecule has 112 valence electrons. The van der Waals surface area contributed by atoms with Crippen molar-refractivity contribution in [3.05, 3.63) is 35.4 Å². The molecule has 1 fully saturated rings. The van der Waals surface area contributed by atoms with Crippen LogP contribution in [-0.4, -0.2) is 48.3 Å². The Hall–Kier alpha value is -1.83. The molecular formula is C17H21NO3. The predicted molar refractivity (Wildman–Crippen MR) is 81.0 cm³/mol. The van der Waals surface area contributed by atoms with Gasteiger partial charge in [-0.25, -0.2) is 0 Å². The standard InChI is InChI=1S/C17H21NO3/c1-2-21-15-9-5-11-18(13-15)17(20)16-10-4-3-7-14(16)8-6-12-19/h3-4,7,10,15,19H,2,5,9,11-13H2,1H3. The fraction of sp³-hybridized carbons (Fsp3) is 0.471. The van der Waals surface area contributed by atoms with Crippen molar-refractivity contribution in [1.82, 2.24) is 4.90 Å². The molecule has 21 heavy (non-hydrogen) atoms. The second-order valence-corrected chi connectivity index (χ2v) is 4.98. The maximum Gasteiger partial charge on any atom is 0.255 e. The molecule has 0 aliphatic carbocycles. The molecule has 0 aromatic heterocycles. The van der Waals surface area contributed by atoms with Crippen LogP contribution in [0.1, 0.15) is 35.7 Å². The summed E-state index contributed by atoms with van der Waals surface area (Å²) in [4.78, 5) is 14.5. The number of hydrogen-bond acceptors (Lipinski definition) is 3. The average Bonchev–Trinajstić information content (AvgIpc) is 2.53. The molecule has 1 aliphatic rings. The Morgan fingerprint density at radius 1 is 1.48 bits per heavy atom. The van der Waals surface area contributed by atoms with Crippen molar-refractivity contribution < 1.29 is 14.6 Å². The topological polar surface area (TPSA) is 49.8 Å². The highest BCUT2D eigenvalue weighted by Crippen LogP contribution is 2.18. The van der Waals surface area contributed by atoms with Gasteiger partial charge in [0.1, 0.15) is 6.61 Å². The van der Waals surface area contributed by atoms with E-state index in [-0.39, 0.29) is 18.6 Å². The maximum atomic E-state index is 12.7. The molecule has 1 aliphatic heterocycles. The second-order valence-electron chi connectivity index (χ2n) is 4.98. The largest absolute Gasteiger partial charge is 0.384 e. The lowest BCUT2D eigenvalue weighted by atomic mass is 10.0. The van der Waals surface area contributed by atoms with Gasteiger partial charge in [-0.15, -0.1) is 0 Å². The molecule has 1 amide bonds. The van der Waals surface area contributed by atoms with Crippen molar-refractivity contribution in [3.8, 4) is 11.8 Å². The second kappa shape index (κ2) is 7.82. The van der Waals surface area contributed by atoms with Gasteiger partial charge in [0.25, 0.3) is 5.91 Å². The van der Waals surface area contributed by atoms with E-state index >= 15 is 0 Å². The van der Waals surface area contributed by atoms with E-state index in [2.05, 4.69) is 11.8 Å². The van der Waals surface area contributed by atoms with Gasteiger partial charge in [0.2, 0.25) is 0 Å². The third kappa shape index (κ3) is 4.07. The van der Waals surface area contributed by atoms with E-state index in [1.807, 2.05) is 24.0 Å². The molecule has 1 unspecified atom stereocenters. The van der Waals surface area contributed by atoms with Gasteiger partial charge in [-0.05, 0) is 31.9 Å². The zero-order chi connectivity index (χ0) is 15.1. The van der Waals surface area contributed by atoms with Gasteiger partial charge in [-0.2, -0.15) is 0 Å². The van der Waals surface area contributed by atoms with Crippen LogP contribution >= 0.6 is 0 Å². The predicted octanol–water partition coefficient (Wildman–Crippen LogP) is 1.67. The lowest BCUT2D eigenvalue weighted by Crippen LogP contribution is -2.43. The fourth-order valence-corrected chi connectivity index (χ4v) is 2.58. The lowest BCUT2D eigenvalue weighted by Gasteiger charge is -2.32. The molecule has 1 heterocycles. The highest BCUT2D eigenvalue weighted by Gasteiger charge is 2.25. The van der Waals surface area contributed by atoms with Crippen LogP contribution in [0, 0.1) is 11.8 Å². The Kier molecular flexibility index (Phi) is 5.79. The molecule has 0 bridgehead atoms. The molecule has 0 radical (unpaired) electrons. The minimum absolute atomic E-state index is 0.0118. The molecule has 4 nitrogen and oxygen atoms in total. The van der Waals surface area contributed by atoms with Gasteiger partial charge in [-0.1, -0.05) is 24.0 Å². The quantitative estimate of drug-likeness (QED) is 0.860. The summed E-state index contributed by atoms with van der Waals surface area (Å²) in [5.74, 6) is 5.43. The van der Waals surface area contributed by atoms with E-state index in [0.717, 1.165) is 19.4 Å². The molecule has 4 heteroatoms. The summed E-state index contributed by atoms with van der Waals surface area (Å²) in [6, 6.07) is 7.27. The van der Waals surface area contributed by atoms with Crippen LogP contribution in [0.2, 0.25) is 0 Å². The van der Waals surface area contributed by atoms with Gasteiger partial charge in [0, 0.05) is 25.3 Å². The fourth-order valence-electron chi connectivity index (χ4n) is 2.58. The van der Waals surface area contributed by atoms with Crippen LogP contribution in [0.25, 0.3) is 0 Å². The maximum absolute atomic E-state index is 12.7. The van der Waals surface area contributed by atoms with Crippen molar-refractivity contribution in [2.24, 2.45) is 0 Å². The van der Waals surface area contributed by atoms with E-state index in [0.29, 0.717) is 24.3 Å². The number of benzene rings is 1. The van der Waals surface area contributed by atoms with Crippen LogP contribution in [0.4, 0.5) is 0 Å². The van der Waals surface area contributed by atoms with Crippen molar-refractivity contribution in [2.45, 2.75) is 25.9 Å². The van der Waals surface area contributed by atoms with Crippen LogP contribution < -0.4 is 0 Å². The number of carbonyl (C=O) groups excluding carboxylic acids is 1. The van der Waals surface area contributed by atoms with Crippen molar-refractivity contribution >= 4 is 5.91 Å². The molecule has 1 aromatic carbocycles. The Bertz CT molecular complexity index is 542. The first-order valence-corrected chi connectivity index (χ1v) is 7.36. The van der Waals surface area contributed by atoms with E-state index in [1.165, 1.54) is 0 Å². The third-order valence-corrected chi connectivity index (χ3v) is 3.53. The first kappa shape index (κ1) is 15.6. The number of ether oxygens (including phenoxy) is 1. The molecule has 0 spiro atoms. The summed E-state index contributed by atoms with van der Waals surface area (Å²) in [7, 11) is 0. The van der Waals surface area contributed by atoms with Gasteiger partial charge in [0.05, 0.1) is 11.7 Å². The summed E-state index contributed by atoms with van der Waals surface area (Å²) in [6.45, 7) is 3.82. The number of likely N-dealkylation sites (tertiary alicyclic amines) is 1. The minimum atomic E-state index is -0.210. The van der Waals surface area contributed by atoms with Crippen molar-refractivity contribution in [1.29, 1.82) is 0 Å². The summed E-state index contributed by atoms with van der Waals surface area (Å²) in [6.07, 6.45) is 2.09. The normalized spacial score (nSPS) is 18.0. The number of aliphatic hydroxyl groups is 1. The number of aliphatic hydroxyl groups excluding tert-OH is 1. The zero-order valence-electron chi connectivity index (χ0n) is 12.3. The van der Waals surface area contributed by atoms with Crippen molar-refractivity contribution in [3.63, 3.8) is 0 Å². The number of nitrogens with zero attached hydrogens (tertiary/aromatic N) is 1. The SMILES string of the molecule is CCOC1CCCN(C(=O)c2ccccc2C#CCO)C1. The molecular weight excluding hydrogens is 266 g/mol. The summed E-state index contributed by atoms with van der Waals surface area (Å²) in [5, 5.41) is 8.81. The summed E-state index contributed by atoms with van der Waals surface area (Å²) < 4.78 is 5.64. The molecule has 1 atom stereocenters. The van der Waals surface area contributed by atoms with Crippen LogP contribution in [0.5, 0.6) is 0 Å². The minimum Gasteiger partial charge on any atom is -0.384 e. The van der Waals surface area contributed by atoms with E-state index in [4.69, 9.17) is 9.84 Å². The Balaban J connectivity index is 2.16. The van der Waals surface area contributed by atoms with Gasteiger partial charge in [-0.3, -0.25) is 4.79 Å². The Labute approximate surface area is 125 Å². The van der Waals surface area contributed by atoms with Crippen molar-refractivity contribution in [2.75, 3.05) is 26.3 Å². The number of carbonyl (C=O) groups is 1. The zero-order valence-corrected chi connectivity index (χ0v) is 12.3. The molecule has 0 saturated carbocycles. The summed E-state index contributed by atoms with van der Waals surface area (Å²) in [5.41, 5.74) is 1.26. The lowest BCUT2D eigenvalue weighted by molar-refractivity contribution is 0.00723. The summed E-state index contributed by atoms with van der Waals surface area (Å²) >= 11 is 0. The number of rotatable bonds is 3. The van der Waals surface area contributed by atoms with Crippen LogP contribution in [0.3, 0.4) is 0 Å². The van der Waals surface area contributed by atoms with Gasteiger partial charge >= 0.3 is 0 Å². The third-order valence-electron chi connectivity index (χ3n) is 3.53. The first-order valence-electron chi connectivity index (χ1n) is 7.36. The monoisotopic (exact) mass is 287 g/mol. The number of amides is 1.